The summed E-state index contributed by atoms with van der Waals surface area (Å²) in [6.07, 6.45) is 0. The predicted octanol–water partition coefficient (Wildman–Crippen LogP) is 4.94. The Morgan fingerprint density at radius 3 is 2.74 bits per heavy atom. The molecule has 1 N–H and O–H groups in total. The topological polar surface area (TPSA) is 43.5 Å². The lowest BCUT2D eigenvalue weighted by molar-refractivity contribution is 0.174. The maximum absolute atomic E-state index is 5.77. The third-order valence-corrected chi connectivity index (χ3v) is 4.03. The second kappa shape index (κ2) is 5.59. The molecular weight excluding hydrogens is 310 g/mol. The Labute approximate surface area is 140 Å². The van der Waals surface area contributed by atoms with E-state index in [2.05, 4.69) is 4.98 Å². The standard InChI is InChI=1S/C18H15NO3S.H2/c1-2-20-15-6-4-3-5-11(15)12-8-18(23)19-14-9-17-16(7-13(12)14)21-10-22-17;/h3-9H,2,10H2,1H3,(H,19,23);1H. The van der Waals surface area contributed by atoms with E-state index < -0.39 is 0 Å². The molecule has 0 radical (unpaired) electrons. The van der Waals surface area contributed by atoms with E-state index in [0.717, 1.165) is 39.3 Å². The maximum Gasteiger partial charge on any atom is 0.231 e. The molecule has 4 rings (SSSR count). The van der Waals surface area contributed by atoms with Crippen molar-refractivity contribution >= 4 is 23.1 Å². The van der Waals surface area contributed by atoms with Crippen LogP contribution in [0, 0.1) is 4.64 Å². The van der Waals surface area contributed by atoms with E-state index in [4.69, 9.17) is 26.4 Å². The number of ether oxygens (including phenoxy) is 3. The first-order valence-electron chi connectivity index (χ1n) is 7.45. The van der Waals surface area contributed by atoms with Gasteiger partial charge in [-0.1, -0.05) is 30.4 Å². The summed E-state index contributed by atoms with van der Waals surface area (Å²) in [6, 6.07) is 13.8. The smallest absolute Gasteiger partial charge is 0.231 e. The molecule has 0 saturated heterocycles. The molecule has 3 aromatic rings. The summed E-state index contributed by atoms with van der Waals surface area (Å²) in [4.78, 5) is 3.22. The maximum atomic E-state index is 5.77. The van der Waals surface area contributed by atoms with Crippen LogP contribution in [0.2, 0.25) is 0 Å². The number of hydrogen-bond donors (Lipinski definition) is 1. The molecule has 1 aromatic heterocycles. The van der Waals surface area contributed by atoms with Gasteiger partial charge in [0.15, 0.2) is 11.5 Å². The summed E-state index contributed by atoms with van der Waals surface area (Å²) in [7, 11) is 0. The van der Waals surface area contributed by atoms with Gasteiger partial charge in [-0.3, -0.25) is 0 Å². The van der Waals surface area contributed by atoms with E-state index in [0.29, 0.717) is 11.2 Å². The van der Waals surface area contributed by atoms with Crippen LogP contribution in [0.3, 0.4) is 0 Å². The number of aromatic amines is 1. The minimum atomic E-state index is 0. The minimum absolute atomic E-state index is 0. The molecule has 0 saturated carbocycles. The number of rotatable bonds is 3. The molecule has 0 spiro atoms. The summed E-state index contributed by atoms with van der Waals surface area (Å²) in [5, 5.41) is 1.02. The van der Waals surface area contributed by atoms with Crippen LogP contribution in [-0.2, 0) is 0 Å². The fraction of sp³-hybridized carbons (Fsp3) is 0.167. The zero-order chi connectivity index (χ0) is 15.8. The Kier molecular flexibility index (Phi) is 3.42. The highest BCUT2D eigenvalue weighted by Gasteiger charge is 2.17. The van der Waals surface area contributed by atoms with Crippen molar-refractivity contribution in [3.8, 4) is 28.4 Å². The van der Waals surface area contributed by atoms with Crippen molar-refractivity contribution in [2.45, 2.75) is 6.92 Å². The fourth-order valence-corrected chi connectivity index (χ4v) is 3.07. The average molecular weight is 327 g/mol. The number of aromatic nitrogens is 1. The highest BCUT2D eigenvalue weighted by Crippen LogP contribution is 2.40. The molecule has 4 nitrogen and oxygen atoms in total. The van der Waals surface area contributed by atoms with Crippen LogP contribution in [0.5, 0.6) is 17.2 Å². The SMILES string of the molecule is CCOc1ccccc1-c1cc(=S)[nH]c2cc3c(cc12)OCO3.[HH]. The van der Waals surface area contributed by atoms with Gasteiger partial charge < -0.3 is 19.2 Å². The third kappa shape index (κ3) is 2.43. The van der Waals surface area contributed by atoms with Gasteiger partial charge in [0.1, 0.15) is 10.4 Å². The molecule has 2 aromatic carbocycles. The highest BCUT2D eigenvalue weighted by molar-refractivity contribution is 7.71. The Morgan fingerprint density at radius 1 is 1.13 bits per heavy atom. The molecule has 118 valence electrons. The molecular formula is C18H17NO3S. The highest BCUT2D eigenvalue weighted by atomic mass is 32.1. The van der Waals surface area contributed by atoms with E-state index in [1.165, 1.54) is 0 Å². The van der Waals surface area contributed by atoms with Crippen molar-refractivity contribution in [1.29, 1.82) is 0 Å². The molecule has 0 unspecified atom stereocenters. The van der Waals surface area contributed by atoms with E-state index >= 15 is 0 Å². The van der Waals surface area contributed by atoms with Crippen LogP contribution in [0.1, 0.15) is 8.35 Å². The number of para-hydroxylation sites is 1. The number of hydrogen-bond acceptors (Lipinski definition) is 4. The van der Waals surface area contributed by atoms with E-state index in [9.17, 15) is 0 Å². The lowest BCUT2D eigenvalue weighted by atomic mass is 10.00. The summed E-state index contributed by atoms with van der Waals surface area (Å²) in [6.45, 7) is 2.84. The van der Waals surface area contributed by atoms with Gasteiger partial charge in [-0.15, -0.1) is 0 Å². The van der Waals surface area contributed by atoms with Crippen LogP contribution >= 0.6 is 12.2 Å². The lowest BCUT2D eigenvalue weighted by Crippen LogP contribution is -1.95. The van der Waals surface area contributed by atoms with Crippen molar-refractivity contribution < 1.29 is 15.6 Å². The van der Waals surface area contributed by atoms with Crippen LogP contribution in [-0.4, -0.2) is 18.4 Å². The second-order valence-electron chi connectivity index (χ2n) is 5.23. The molecule has 1 aliphatic rings. The lowest BCUT2D eigenvalue weighted by Gasteiger charge is -2.13. The number of benzene rings is 2. The van der Waals surface area contributed by atoms with Crippen molar-refractivity contribution in [2.24, 2.45) is 0 Å². The normalized spacial score (nSPS) is 12.6. The van der Waals surface area contributed by atoms with E-state index in [1.807, 2.05) is 49.4 Å². The first kappa shape index (κ1) is 14.1. The summed E-state index contributed by atoms with van der Waals surface area (Å²) < 4.78 is 17.4. The van der Waals surface area contributed by atoms with Gasteiger partial charge in [-0.25, -0.2) is 0 Å². The van der Waals surface area contributed by atoms with Gasteiger partial charge in [-0.05, 0) is 30.7 Å². The van der Waals surface area contributed by atoms with E-state index in [-0.39, 0.29) is 8.22 Å². The van der Waals surface area contributed by atoms with Gasteiger partial charge in [0.05, 0.1) is 12.1 Å². The van der Waals surface area contributed by atoms with Crippen LogP contribution in [0.25, 0.3) is 22.0 Å². The van der Waals surface area contributed by atoms with Gasteiger partial charge in [-0.2, -0.15) is 0 Å². The van der Waals surface area contributed by atoms with Crippen LogP contribution < -0.4 is 14.2 Å². The Hall–Kier alpha value is -2.53. The quantitative estimate of drug-likeness (QED) is 0.692. The summed E-state index contributed by atoms with van der Waals surface area (Å²) in [5.74, 6) is 2.33. The largest absolute Gasteiger partial charge is 0.493 e. The average Bonchev–Trinajstić information content (AvgIpc) is 3.00. The first-order valence-corrected chi connectivity index (χ1v) is 7.86. The first-order chi connectivity index (χ1) is 11.3. The zero-order valence-electron chi connectivity index (χ0n) is 12.6. The van der Waals surface area contributed by atoms with Gasteiger partial charge in [0.2, 0.25) is 6.79 Å². The Balaban J connectivity index is 0.00000169. The van der Waals surface area contributed by atoms with E-state index in [1.54, 1.807) is 0 Å². The minimum Gasteiger partial charge on any atom is -0.493 e. The molecule has 0 amide bonds. The van der Waals surface area contributed by atoms with Crippen molar-refractivity contribution in [2.75, 3.05) is 13.4 Å². The monoisotopic (exact) mass is 327 g/mol. The molecule has 0 fully saturated rings. The van der Waals surface area contributed by atoms with Crippen LogP contribution in [0.4, 0.5) is 0 Å². The van der Waals surface area contributed by atoms with Gasteiger partial charge in [0.25, 0.3) is 0 Å². The predicted molar refractivity (Wildman–Crippen MR) is 94.0 cm³/mol. The molecule has 2 heterocycles. The van der Waals surface area contributed by atoms with Crippen LogP contribution in [0.15, 0.2) is 42.5 Å². The molecule has 0 aliphatic carbocycles. The fourth-order valence-electron chi connectivity index (χ4n) is 2.84. The van der Waals surface area contributed by atoms with Gasteiger partial charge in [0, 0.05) is 18.4 Å². The van der Waals surface area contributed by atoms with Crippen molar-refractivity contribution in [3.05, 3.63) is 47.1 Å². The molecule has 0 atom stereocenters. The molecule has 0 bridgehead atoms. The summed E-state index contributed by atoms with van der Waals surface area (Å²) >= 11 is 5.39. The Morgan fingerprint density at radius 2 is 1.91 bits per heavy atom. The Bertz CT molecular complexity index is 955. The molecule has 23 heavy (non-hydrogen) atoms. The number of pyridine rings is 1. The van der Waals surface area contributed by atoms with Crippen molar-refractivity contribution in [1.82, 2.24) is 4.98 Å². The molecule has 1 aliphatic heterocycles. The molecule has 5 heteroatoms. The zero-order valence-corrected chi connectivity index (χ0v) is 13.4. The second-order valence-corrected chi connectivity index (χ2v) is 5.67. The number of nitrogens with one attached hydrogen (secondary N) is 1. The van der Waals surface area contributed by atoms with Gasteiger partial charge >= 0.3 is 0 Å². The van der Waals surface area contributed by atoms with Crippen molar-refractivity contribution in [3.63, 3.8) is 0 Å². The summed E-state index contributed by atoms with van der Waals surface area (Å²) in [5.41, 5.74) is 2.95. The number of H-pyrrole nitrogens is 1. The third-order valence-electron chi connectivity index (χ3n) is 3.81. The number of fused-ring (bicyclic) bond motifs is 2.